The minimum Gasteiger partial charge on any atom is -0.316 e. The van der Waals surface area contributed by atoms with Gasteiger partial charge in [0.1, 0.15) is 0 Å². The standard InChI is InChI=1S/C19H20Cl2N2.C2H6/c20-17-5-1-13(2-6-17)19(14-3-7-18(21)8-4-14)23-11-15-9-22-10-16(15)12-23;1-2/h1-8,15-16,19,22H,9-12H2;1-2H3. The van der Waals surface area contributed by atoms with Crippen molar-refractivity contribution in [2.75, 3.05) is 26.2 Å². The summed E-state index contributed by atoms with van der Waals surface area (Å²) in [5.74, 6) is 1.55. The van der Waals surface area contributed by atoms with Crippen molar-refractivity contribution in [1.29, 1.82) is 0 Å². The molecule has 2 saturated heterocycles. The second-order valence-electron chi connectivity index (χ2n) is 6.64. The average Bonchev–Trinajstić information content (AvgIpc) is 3.22. The number of benzene rings is 2. The lowest BCUT2D eigenvalue weighted by Gasteiger charge is -2.29. The summed E-state index contributed by atoms with van der Waals surface area (Å²) in [7, 11) is 0. The topological polar surface area (TPSA) is 15.3 Å². The van der Waals surface area contributed by atoms with Crippen LogP contribution in [0.25, 0.3) is 0 Å². The number of nitrogens with one attached hydrogen (secondary N) is 1. The average molecular weight is 377 g/mol. The minimum atomic E-state index is 0.273. The highest BCUT2D eigenvalue weighted by Crippen LogP contribution is 2.37. The molecule has 0 bridgehead atoms. The summed E-state index contributed by atoms with van der Waals surface area (Å²) in [6.07, 6.45) is 0. The number of halogens is 2. The lowest BCUT2D eigenvalue weighted by atomic mass is 9.97. The van der Waals surface area contributed by atoms with Crippen LogP contribution in [0.1, 0.15) is 31.0 Å². The monoisotopic (exact) mass is 376 g/mol. The Morgan fingerprint density at radius 3 is 1.60 bits per heavy atom. The Kier molecular flexibility index (Phi) is 6.40. The van der Waals surface area contributed by atoms with Gasteiger partial charge in [-0.3, -0.25) is 4.90 Å². The van der Waals surface area contributed by atoms with E-state index < -0.39 is 0 Å². The van der Waals surface area contributed by atoms with Gasteiger partial charge in [0.15, 0.2) is 0 Å². The van der Waals surface area contributed by atoms with Crippen LogP contribution in [0.4, 0.5) is 0 Å². The van der Waals surface area contributed by atoms with Crippen molar-refractivity contribution in [3.8, 4) is 0 Å². The summed E-state index contributed by atoms with van der Waals surface area (Å²) in [5, 5.41) is 5.08. The lowest BCUT2D eigenvalue weighted by Crippen LogP contribution is -2.30. The van der Waals surface area contributed by atoms with Crippen molar-refractivity contribution in [2.24, 2.45) is 11.8 Å². The number of likely N-dealkylation sites (tertiary alicyclic amines) is 1. The zero-order valence-corrected chi connectivity index (χ0v) is 16.4. The maximum atomic E-state index is 6.08. The van der Waals surface area contributed by atoms with E-state index >= 15 is 0 Å². The van der Waals surface area contributed by atoms with E-state index in [1.165, 1.54) is 11.1 Å². The smallest absolute Gasteiger partial charge is 0.0602 e. The quantitative estimate of drug-likeness (QED) is 0.785. The van der Waals surface area contributed by atoms with Gasteiger partial charge in [-0.25, -0.2) is 0 Å². The molecule has 2 aliphatic heterocycles. The highest BCUT2D eigenvalue weighted by Gasteiger charge is 2.39. The number of nitrogens with zero attached hydrogens (tertiary/aromatic N) is 1. The molecule has 2 fully saturated rings. The van der Waals surface area contributed by atoms with E-state index in [1.54, 1.807) is 0 Å². The van der Waals surface area contributed by atoms with Crippen molar-refractivity contribution >= 4 is 23.2 Å². The van der Waals surface area contributed by atoms with Gasteiger partial charge in [0.25, 0.3) is 0 Å². The molecule has 2 aromatic rings. The SMILES string of the molecule is CC.Clc1ccc(C(c2ccc(Cl)cc2)N2CC3CNCC3C2)cc1. The number of rotatable bonds is 3. The number of fused-ring (bicyclic) bond motifs is 1. The van der Waals surface area contributed by atoms with Crippen LogP contribution in [0, 0.1) is 11.8 Å². The van der Waals surface area contributed by atoms with Gasteiger partial charge in [0, 0.05) is 23.1 Å². The molecule has 4 rings (SSSR count). The van der Waals surface area contributed by atoms with Gasteiger partial charge in [-0.15, -0.1) is 0 Å². The lowest BCUT2D eigenvalue weighted by molar-refractivity contribution is 0.260. The van der Waals surface area contributed by atoms with Gasteiger partial charge in [0.05, 0.1) is 6.04 Å². The molecule has 0 spiro atoms. The molecule has 0 saturated carbocycles. The molecule has 2 heterocycles. The van der Waals surface area contributed by atoms with E-state index in [0.29, 0.717) is 0 Å². The van der Waals surface area contributed by atoms with Crippen LogP contribution in [-0.4, -0.2) is 31.1 Å². The maximum absolute atomic E-state index is 6.08. The first-order chi connectivity index (χ1) is 12.2. The molecular weight excluding hydrogens is 351 g/mol. The van der Waals surface area contributed by atoms with Crippen LogP contribution in [0.5, 0.6) is 0 Å². The van der Waals surface area contributed by atoms with Crippen molar-refractivity contribution in [2.45, 2.75) is 19.9 Å². The van der Waals surface area contributed by atoms with E-state index in [-0.39, 0.29) is 6.04 Å². The third-order valence-corrected chi connectivity index (χ3v) is 5.66. The first kappa shape index (κ1) is 18.7. The van der Waals surface area contributed by atoms with E-state index in [1.807, 2.05) is 38.1 Å². The Balaban J connectivity index is 0.000000880. The van der Waals surface area contributed by atoms with Gasteiger partial charge < -0.3 is 5.32 Å². The molecule has 25 heavy (non-hydrogen) atoms. The Hall–Kier alpha value is -1.06. The molecule has 0 aliphatic carbocycles. The summed E-state index contributed by atoms with van der Waals surface area (Å²) in [6.45, 7) is 8.59. The summed E-state index contributed by atoms with van der Waals surface area (Å²) in [4.78, 5) is 2.61. The summed E-state index contributed by atoms with van der Waals surface area (Å²) in [6, 6.07) is 16.8. The van der Waals surface area contributed by atoms with Crippen LogP contribution >= 0.6 is 23.2 Å². The zero-order valence-electron chi connectivity index (χ0n) is 14.9. The minimum absolute atomic E-state index is 0.273. The van der Waals surface area contributed by atoms with Crippen LogP contribution in [0.3, 0.4) is 0 Å². The highest BCUT2D eigenvalue weighted by molar-refractivity contribution is 6.30. The van der Waals surface area contributed by atoms with E-state index in [9.17, 15) is 0 Å². The van der Waals surface area contributed by atoms with Crippen molar-refractivity contribution in [3.05, 3.63) is 69.7 Å². The molecule has 2 aromatic carbocycles. The third-order valence-electron chi connectivity index (χ3n) is 5.15. The molecule has 0 aromatic heterocycles. The fraction of sp³-hybridized carbons (Fsp3) is 0.429. The van der Waals surface area contributed by atoms with E-state index in [4.69, 9.17) is 23.2 Å². The molecule has 1 N–H and O–H groups in total. The van der Waals surface area contributed by atoms with E-state index in [0.717, 1.165) is 48.1 Å². The normalized spacial score (nSPS) is 22.6. The highest BCUT2D eigenvalue weighted by atomic mass is 35.5. The fourth-order valence-electron chi connectivity index (χ4n) is 4.01. The second-order valence-corrected chi connectivity index (χ2v) is 7.51. The molecule has 2 atom stereocenters. The third kappa shape index (κ3) is 4.20. The maximum Gasteiger partial charge on any atom is 0.0602 e. The van der Waals surface area contributed by atoms with Gasteiger partial charge in [0.2, 0.25) is 0 Å². The summed E-state index contributed by atoms with van der Waals surface area (Å²) < 4.78 is 0. The van der Waals surface area contributed by atoms with Crippen LogP contribution in [-0.2, 0) is 0 Å². The molecule has 0 radical (unpaired) electrons. The Morgan fingerprint density at radius 1 is 0.800 bits per heavy atom. The fourth-order valence-corrected chi connectivity index (χ4v) is 4.26. The number of hydrogen-bond donors (Lipinski definition) is 1. The second kappa shape index (κ2) is 8.55. The Morgan fingerprint density at radius 2 is 1.20 bits per heavy atom. The van der Waals surface area contributed by atoms with Crippen LogP contribution in [0.2, 0.25) is 10.0 Å². The van der Waals surface area contributed by atoms with Gasteiger partial charge >= 0.3 is 0 Å². The first-order valence-corrected chi connectivity index (χ1v) is 9.92. The largest absolute Gasteiger partial charge is 0.316 e. The molecule has 4 heteroatoms. The molecule has 0 amide bonds. The van der Waals surface area contributed by atoms with Gasteiger partial charge in [-0.2, -0.15) is 0 Å². The summed E-state index contributed by atoms with van der Waals surface area (Å²) >= 11 is 12.2. The van der Waals surface area contributed by atoms with Gasteiger partial charge in [-0.1, -0.05) is 61.3 Å². The summed E-state index contributed by atoms with van der Waals surface area (Å²) in [5.41, 5.74) is 2.59. The van der Waals surface area contributed by atoms with E-state index in [2.05, 4.69) is 34.5 Å². The van der Waals surface area contributed by atoms with Crippen molar-refractivity contribution in [3.63, 3.8) is 0 Å². The molecular formula is C21H26Cl2N2. The molecule has 134 valence electrons. The Bertz CT molecular complexity index is 612. The van der Waals surface area contributed by atoms with Crippen molar-refractivity contribution < 1.29 is 0 Å². The predicted molar refractivity (Wildman–Crippen MR) is 108 cm³/mol. The predicted octanol–water partition coefficient (Wildman–Crippen LogP) is 5.26. The molecule has 2 aliphatic rings. The molecule has 2 nitrogen and oxygen atoms in total. The first-order valence-electron chi connectivity index (χ1n) is 9.16. The van der Waals surface area contributed by atoms with Crippen molar-refractivity contribution in [1.82, 2.24) is 10.2 Å². The van der Waals surface area contributed by atoms with Crippen LogP contribution in [0.15, 0.2) is 48.5 Å². The number of hydrogen-bond acceptors (Lipinski definition) is 2. The molecule has 2 unspecified atom stereocenters. The zero-order chi connectivity index (χ0) is 17.8. The Labute approximate surface area is 161 Å². The van der Waals surface area contributed by atoms with Gasteiger partial charge in [-0.05, 0) is 60.3 Å². The van der Waals surface area contributed by atoms with Crippen LogP contribution < -0.4 is 5.32 Å².